The van der Waals surface area contributed by atoms with E-state index < -0.39 is 0 Å². The zero-order valence-corrected chi connectivity index (χ0v) is 10.2. The van der Waals surface area contributed by atoms with Gasteiger partial charge in [-0.25, -0.2) is 4.98 Å². The maximum absolute atomic E-state index is 5.86. The van der Waals surface area contributed by atoms with Gasteiger partial charge in [-0.2, -0.15) is 0 Å². The van der Waals surface area contributed by atoms with Gasteiger partial charge in [-0.15, -0.1) is 11.3 Å². The van der Waals surface area contributed by atoms with Crippen LogP contribution < -0.4 is 5.32 Å². The Balaban J connectivity index is 2.24. The lowest BCUT2D eigenvalue weighted by atomic mass is 10.2. The molecule has 1 aromatic heterocycles. The second-order valence-corrected chi connectivity index (χ2v) is 4.74. The second kappa shape index (κ2) is 4.39. The summed E-state index contributed by atoms with van der Waals surface area (Å²) in [6.45, 7) is 1.99. The molecule has 1 heterocycles. The van der Waals surface area contributed by atoms with Gasteiger partial charge in [0.05, 0.1) is 0 Å². The van der Waals surface area contributed by atoms with Gasteiger partial charge in [0.1, 0.15) is 5.15 Å². The highest BCUT2D eigenvalue weighted by Crippen LogP contribution is 2.26. The Morgan fingerprint density at radius 2 is 2.13 bits per heavy atom. The van der Waals surface area contributed by atoms with Crippen molar-refractivity contribution >= 4 is 45.4 Å². The SMILES string of the molecule is Cc1cc(Cl)ccc1Nc1nc(Cl)cs1. The summed E-state index contributed by atoms with van der Waals surface area (Å²) in [7, 11) is 0. The molecule has 0 amide bonds. The molecule has 78 valence electrons. The van der Waals surface area contributed by atoms with E-state index in [2.05, 4.69) is 10.3 Å². The molecule has 0 atom stereocenters. The Bertz CT molecular complexity index is 482. The molecule has 2 rings (SSSR count). The standard InChI is InChI=1S/C10H8Cl2N2S/c1-6-4-7(11)2-3-8(6)13-10-14-9(12)5-15-10/h2-5H,1H3,(H,13,14). The summed E-state index contributed by atoms with van der Waals surface area (Å²) in [4.78, 5) is 4.11. The first-order valence-electron chi connectivity index (χ1n) is 4.29. The molecule has 0 unspecified atom stereocenters. The number of rotatable bonds is 2. The van der Waals surface area contributed by atoms with E-state index in [1.54, 1.807) is 5.38 Å². The highest BCUT2D eigenvalue weighted by molar-refractivity contribution is 7.14. The number of hydrogen-bond acceptors (Lipinski definition) is 3. The fourth-order valence-corrected chi connectivity index (χ4v) is 2.27. The molecule has 0 fully saturated rings. The minimum absolute atomic E-state index is 0.508. The van der Waals surface area contributed by atoms with Crippen molar-refractivity contribution in [3.05, 3.63) is 39.3 Å². The van der Waals surface area contributed by atoms with Gasteiger partial charge in [0, 0.05) is 16.1 Å². The minimum Gasteiger partial charge on any atom is -0.331 e. The van der Waals surface area contributed by atoms with E-state index in [1.807, 2.05) is 25.1 Å². The van der Waals surface area contributed by atoms with Gasteiger partial charge in [0.25, 0.3) is 0 Å². The van der Waals surface area contributed by atoms with Crippen molar-refractivity contribution in [2.45, 2.75) is 6.92 Å². The molecule has 0 aliphatic carbocycles. The number of benzene rings is 1. The normalized spacial score (nSPS) is 10.3. The Kier molecular flexibility index (Phi) is 3.14. The highest BCUT2D eigenvalue weighted by atomic mass is 35.5. The van der Waals surface area contributed by atoms with Crippen molar-refractivity contribution in [3.8, 4) is 0 Å². The Hall–Kier alpha value is -0.770. The molecule has 5 heteroatoms. The van der Waals surface area contributed by atoms with Crippen molar-refractivity contribution in [2.24, 2.45) is 0 Å². The largest absolute Gasteiger partial charge is 0.331 e. The van der Waals surface area contributed by atoms with Crippen LogP contribution in [0.2, 0.25) is 10.2 Å². The fraction of sp³-hybridized carbons (Fsp3) is 0.100. The molecule has 0 saturated carbocycles. The number of aromatic nitrogens is 1. The highest BCUT2D eigenvalue weighted by Gasteiger charge is 2.02. The minimum atomic E-state index is 0.508. The zero-order valence-electron chi connectivity index (χ0n) is 7.92. The molecule has 1 N–H and O–H groups in total. The van der Waals surface area contributed by atoms with Crippen LogP contribution in [0.25, 0.3) is 0 Å². The van der Waals surface area contributed by atoms with Crippen molar-refractivity contribution in [3.63, 3.8) is 0 Å². The smallest absolute Gasteiger partial charge is 0.188 e. The Labute approximate surface area is 102 Å². The van der Waals surface area contributed by atoms with E-state index in [1.165, 1.54) is 11.3 Å². The molecule has 0 aliphatic heterocycles. The van der Waals surface area contributed by atoms with E-state index in [-0.39, 0.29) is 0 Å². The van der Waals surface area contributed by atoms with Crippen LogP contribution in [0, 0.1) is 6.92 Å². The number of nitrogens with one attached hydrogen (secondary N) is 1. The first-order chi connectivity index (χ1) is 7.15. The topological polar surface area (TPSA) is 24.9 Å². The molecule has 0 saturated heterocycles. The van der Waals surface area contributed by atoms with Gasteiger partial charge < -0.3 is 5.32 Å². The Morgan fingerprint density at radius 3 is 2.73 bits per heavy atom. The average molecular weight is 259 g/mol. The third-order valence-electron chi connectivity index (χ3n) is 1.91. The van der Waals surface area contributed by atoms with Crippen LogP contribution in [0.3, 0.4) is 0 Å². The summed E-state index contributed by atoms with van der Waals surface area (Å²) in [6, 6.07) is 5.66. The molecule has 0 aliphatic rings. The molecule has 1 aromatic carbocycles. The van der Waals surface area contributed by atoms with E-state index in [0.29, 0.717) is 5.15 Å². The van der Waals surface area contributed by atoms with Crippen LogP contribution in [0.15, 0.2) is 23.6 Å². The number of thiazole rings is 1. The summed E-state index contributed by atoms with van der Waals surface area (Å²) in [6.07, 6.45) is 0. The molecule has 0 radical (unpaired) electrons. The van der Waals surface area contributed by atoms with Crippen molar-refractivity contribution < 1.29 is 0 Å². The monoisotopic (exact) mass is 258 g/mol. The predicted octanol–water partition coefficient (Wildman–Crippen LogP) is 4.50. The lowest BCUT2D eigenvalue weighted by Gasteiger charge is -2.06. The quantitative estimate of drug-likeness (QED) is 0.858. The second-order valence-electron chi connectivity index (χ2n) is 3.06. The molecule has 15 heavy (non-hydrogen) atoms. The first kappa shape index (κ1) is 10.7. The average Bonchev–Trinajstić information content (AvgIpc) is 2.56. The number of aryl methyl sites for hydroxylation is 1. The van der Waals surface area contributed by atoms with E-state index >= 15 is 0 Å². The van der Waals surface area contributed by atoms with Gasteiger partial charge in [0.15, 0.2) is 5.13 Å². The molecule has 0 bridgehead atoms. The lowest BCUT2D eigenvalue weighted by Crippen LogP contribution is -1.91. The van der Waals surface area contributed by atoms with Crippen molar-refractivity contribution in [1.82, 2.24) is 4.98 Å². The maximum atomic E-state index is 5.86. The summed E-state index contributed by atoms with van der Waals surface area (Å²) >= 11 is 13.1. The summed E-state index contributed by atoms with van der Waals surface area (Å²) in [5.74, 6) is 0. The molecular weight excluding hydrogens is 251 g/mol. The first-order valence-corrected chi connectivity index (χ1v) is 5.93. The van der Waals surface area contributed by atoms with Gasteiger partial charge >= 0.3 is 0 Å². The fourth-order valence-electron chi connectivity index (χ4n) is 1.19. The van der Waals surface area contributed by atoms with Crippen LogP contribution >= 0.6 is 34.5 Å². The van der Waals surface area contributed by atoms with E-state index in [0.717, 1.165) is 21.4 Å². The third-order valence-corrected chi connectivity index (χ3v) is 3.22. The predicted molar refractivity (Wildman–Crippen MR) is 66.6 cm³/mol. The number of anilines is 2. The zero-order chi connectivity index (χ0) is 10.8. The van der Waals surface area contributed by atoms with Crippen LogP contribution in [0.4, 0.5) is 10.8 Å². The molecule has 2 aromatic rings. The lowest BCUT2D eigenvalue weighted by molar-refractivity contribution is 1.36. The summed E-state index contributed by atoms with van der Waals surface area (Å²) < 4.78 is 0. The molecule has 2 nitrogen and oxygen atoms in total. The summed E-state index contributed by atoms with van der Waals surface area (Å²) in [5.41, 5.74) is 2.07. The van der Waals surface area contributed by atoms with Crippen molar-refractivity contribution in [1.29, 1.82) is 0 Å². The van der Waals surface area contributed by atoms with Crippen LogP contribution in [-0.4, -0.2) is 4.98 Å². The number of halogens is 2. The van der Waals surface area contributed by atoms with E-state index in [9.17, 15) is 0 Å². The van der Waals surface area contributed by atoms with Gasteiger partial charge in [-0.05, 0) is 30.7 Å². The van der Waals surface area contributed by atoms with Crippen LogP contribution in [-0.2, 0) is 0 Å². The van der Waals surface area contributed by atoms with Gasteiger partial charge in [-0.3, -0.25) is 0 Å². The van der Waals surface area contributed by atoms with E-state index in [4.69, 9.17) is 23.2 Å². The van der Waals surface area contributed by atoms with Crippen molar-refractivity contribution in [2.75, 3.05) is 5.32 Å². The summed E-state index contributed by atoms with van der Waals surface area (Å²) in [5, 5.41) is 6.99. The maximum Gasteiger partial charge on any atom is 0.188 e. The molecular formula is C10H8Cl2N2S. The van der Waals surface area contributed by atoms with Gasteiger partial charge in [0.2, 0.25) is 0 Å². The van der Waals surface area contributed by atoms with Crippen LogP contribution in [0.1, 0.15) is 5.56 Å². The molecule has 0 spiro atoms. The third kappa shape index (κ3) is 2.62. The van der Waals surface area contributed by atoms with Crippen LogP contribution in [0.5, 0.6) is 0 Å². The number of nitrogens with zero attached hydrogens (tertiary/aromatic N) is 1. The Morgan fingerprint density at radius 1 is 1.33 bits per heavy atom. The van der Waals surface area contributed by atoms with Gasteiger partial charge in [-0.1, -0.05) is 23.2 Å². The number of hydrogen-bond donors (Lipinski definition) is 1.